The Morgan fingerprint density at radius 3 is 2.81 bits per heavy atom. The number of nitrogens with zero attached hydrogens (tertiary/aromatic N) is 1. The number of nitrogens with one attached hydrogen (secondary N) is 1. The number of hydrogen-bond donors (Lipinski definition) is 1. The Balaban J connectivity index is 2.08. The largest absolute Gasteiger partial charge is 0.412 e. The van der Waals surface area contributed by atoms with Gasteiger partial charge in [0.1, 0.15) is 5.76 Å². The third-order valence-electron chi connectivity index (χ3n) is 4.45. The monoisotopic (exact) mass is 276 g/mol. The van der Waals surface area contributed by atoms with Gasteiger partial charge in [-0.2, -0.15) is 0 Å². The third kappa shape index (κ3) is 1.17. The SMILES string of the molecule is CC1=C2c3cccc4c5ccccc5n(c34)C(=O)C2NO1. The van der Waals surface area contributed by atoms with Gasteiger partial charge in [0.15, 0.2) is 6.04 Å². The van der Waals surface area contributed by atoms with Crippen LogP contribution >= 0.6 is 0 Å². The van der Waals surface area contributed by atoms with Gasteiger partial charge in [-0.25, -0.2) is 0 Å². The zero-order chi connectivity index (χ0) is 14.1. The van der Waals surface area contributed by atoms with E-state index in [-0.39, 0.29) is 5.91 Å². The average Bonchev–Trinajstić information content (AvgIpc) is 3.05. The molecule has 1 atom stereocenters. The molecular formula is C17H12N2O2. The molecule has 3 heterocycles. The van der Waals surface area contributed by atoms with Crippen molar-refractivity contribution in [2.24, 2.45) is 0 Å². The first-order chi connectivity index (χ1) is 10.3. The molecule has 1 aromatic heterocycles. The van der Waals surface area contributed by atoms with Crippen LogP contribution in [0.15, 0.2) is 48.2 Å². The Kier molecular flexibility index (Phi) is 1.87. The molecule has 0 saturated carbocycles. The summed E-state index contributed by atoms with van der Waals surface area (Å²) in [7, 11) is 0. The Labute approximate surface area is 120 Å². The lowest BCUT2D eigenvalue weighted by Gasteiger charge is -2.21. The first kappa shape index (κ1) is 11.1. The zero-order valence-electron chi connectivity index (χ0n) is 11.4. The molecule has 0 amide bonds. The molecule has 2 aliphatic rings. The number of benzene rings is 2. The highest BCUT2D eigenvalue weighted by molar-refractivity contribution is 6.21. The number of allylic oxidation sites excluding steroid dienone is 1. The molecule has 0 saturated heterocycles. The molecule has 1 N–H and O–H groups in total. The van der Waals surface area contributed by atoms with Gasteiger partial charge < -0.3 is 4.84 Å². The molecule has 0 bridgehead atoms. The number of rotatable bonds is 0. The van der Waals surface area contributed by atoms with Crippen LogP contribution in [0.4, 0.5) is 0 Å². The van der Waals surface area contributed by atoms with Crippen LogP contribution in [-0.2, 0) is 4.84 Å². The molecule has 4 nitrogen and oxygen atoms in total. The molecule has 4 heteroatoms. The van der Waals surface area contributed by atoms with Crippen molar-refractivity contribution in [1.29, 1.82) is 0 Å². The van der Waals surface area contributed by atoms with Gasteiger partial charge in [0, 0.05) is 21.9 Å². The highest BCUT2D eigenvalue weighted by atomic mass is 16.7. The van der Waals surface area contributed by atoms with E-state index in [9.17, 15) is 4.79 Å². The van der Waals surface area contributed by atoms with E-state index in [1.165, 1.54) is 0 Å². The third-order valence-corrected chi connectivity index (χ3v) is 4.45. The molecular weight excluding hydrogens is 264 g/mol. The lowest BCUT2D eigenvalue weighted by atomic mass is 9.93. The highest BCUT2D eigenvalue weighted by Crippen LogP contribution is 2.41. The van der Waals surface area contributed by atoms with E-state index in [2.05, 4.69) is 23.7 Å². The van der Waals surface area contributed by atoms with E-state index >= 15 is 0 Å². The molecule has 5 rings (SSSR count). The summed E-state index contributed by atoms with van der Waals surface area (Å²) in [5, 5.41) is 2.23. The second kappa shape index (κ2) is 3.54. The lowest BCUT2D eigenvalue weighted by Crippen LogP contribution is -2.38. The van der Waals surface area contributed by atoms with Gasteiger partial charge in [-0.1, -0.05) is 36.4 Å². The van der Waals surface area contributed by atoms with Crippen LogP contribution in [0, 0.1) is 0 Å². The minimum atomic E-state index is -0.418. The summed E-state index contributed by atoms with van der Waals surface area (Å²) in [6.45, 7) is 1.90. The molecule has 2 aliphatic heterocycles. The summed E-state index contributed by atoms with van der Waals surface area (Å²) >= 11 is 0. The number of hydrogen-bond acceptors (Lipinski definition) is 3. The number of para-hydroxylation sites is 2. The van der Waals surface area contributed by atoms with Crippen molar-refractivity contribution in [2.45, 2.75) is 13.0 Å². The van der Waals surface area contributed by atoms with E-state index in [4.69, 9.17) is 4.84 Å². The topological polar surface area (TPSA) is 43.3 Å². The number of fused-ring (bicyclic) bond motifs is 5. The molecule has 1 unspecified atom stereocenters. The average molecular weight is 276 g/mol. The fraction of sp³-hybridized carbons (Fsp3) is 0.118. The van der Waals surface area contributed by atoms with Crippen molar-refractivity contribution in [1.82, 2.24) is 10.0 Å². The van der Waals surface area contributed by atoms with E-state index in [1.54, 1.807) is 0 Å². The van der Waals surface area contributed by atoms with Crippen molar-refractivity contribution >= 4 is 33.3 Å². The number of carbonyl (C=O) groups is 1. The first-order valence-corrected chi connectivity index (χ1v) is 6.97. The number of aromatic nitrogens is 1. The van der Waals surface area contributed by atoms with Gasteiger partial charge >= 0.3 is 0 Å². The first-order valence-electron chi connectivity index (χ1n) is 6.97. The fourth-order valence-electron chi connectivity index (χ4n) is 3.58. The number of carbonyl (C=O) groups excluding carboxylic acids is 1. The van der Waals surface area contributed by atoms with Crippen LogP contribution in [-0.4, -0.2) is 16.5 Å². The lowest BCUT2D eigenvalue weighted by molar-refractivity contribution is 0.0742. The van der Waals surface area contributed by atoms with E-state index in [0.29, 0.717) is 0 Å². The molecule has 0 fully saturated rings. The Hall–Kier alpha value is -2.59. The summed E-state index contributed by atoms with van der Waals surface area (Å²) in [4.78, 5) is 18.3. The van der Waals surface area contributed by atoms with E-state index in [1.807, 2.05) is 35.8 Å². The van der Waals surface area contributed by atoms with Gasteiger partial charge in [-0.05, 0) is 13.0 Å². The quantitative estimate of drug-likeness (QED) is 0.686. The molecule has 3 aromatic rings. The van der Waals surface area contributed by atoms with Crippen LogP contribution in [0.25, 0.3) is 27.4 Å². The second-order valence-corrected chi connectivity index (χ2v) is 5.52. The van der Waals surface area contributed by atoms with Gasteiger partial charge in [0.25, 0.3) is 5.91 Å². The molecule has 0 aliphatic carbocycles. The van der Waals surface area contributed by atoms with E-state index in [0.717, 1.165) is 38.7 Å². The van der Waals surface area contributed by atoms with Crippen molar-refractivity contribution in [2.75, 3.05) is 0 Å². The summed E-state index contributed by atoms with van der Waals surface area (Å²) in [5.74, 6) is 0.795. The molecule has 102 valence electrons. The van der Waals surface area contributed by atoms with Crippen LogP contribution in [0.3, 0.4) is 0 Å². The molecule has 0 spiro atoms. The minimum absolute atomic E-state index is 0.0201. The van der Waals surface area contributed by atoms with Crippen LogP contribution in [0.2, 0.25) is 0 Å². The predicted octanol–water partition coefficient (Wildman–Crippen LogP) is 3.08. The number of hydroxylamine groups is 1. The predicted molar refractivity (Wildman–Crippen MR) is 80.7 cm³/mol. The maximum Gasteiger partial charge on any atom is 0.256 e. The standard InChI is InChI=1S/C17H12N2O2/c1-9-14-12-7-4-6-11-10-5-2-3-8-13(10)19(16(11)12)17(20)15(14)18-21-9/h2-8,15,18H,1H3. The van der Waals surface area contributed by atoms with Crippen molar-refractivity contribution in [3.8, 4) is 0 Å². The summed E-state index contributed by atoms with van der Waals surface area (Å²) in [6.07, 6.45) is 0. The van der Waals surface area contributed by atoms with Crippen LogP contribution < -0.4 is 5.48 Å². The summed E-state index contributed by atoms with van der Waals surface area (Å²) in [6, 6.07) is 13.8. The van der Waals surface area contributed by atoms with Gasteiger partial charge in [-0.3, -0.25) is 9.36 Å². The molecule has 0 radical (unpaired) electrons. The maximum absolute atomic E-state index is 12.9. The maximum atomic E-state index is 12.9. The molecule has 2 aromatic carbocycles. The zero-order valence-corrected chi connectivity index (χ0v) is 11.4. The highest BCUT2D eigenvalue weighted by Gasteiger charge is 2.39. The van der Waals surface area contributed by atoms with Crippen LogP contribution in [0.5, 0.6) is 0 Å². The minimum Gasteiger partial charge on any atom is -0.412 e. The van der Waals surface area contributed by atoms with E-state index < -0.39 is 6.04 Å². The fourth-order valence-corrected chi connectivity index (χ4v) is 3.58. The normalized spacial score (nSPS) is 20.2. The molecule has 21 heavy (non-hydrogen) atoms. The Morgan fingerprint density at radius 1 is 1.10 bits per heavy atom. The Bertz CT molecular complexity index is 981. The summed E-state index contributed by atoms with van der Waals surface area (Å²) < 4.78 is 1.82. The van der Waals surface area contributed by atoms with Crippen molar-refractivity contribution in [3.63, 3.8) is 0 Å². The second-order valence-electron chi connectivity index (χ2n) is 5.52. The van der Waals surface area contributed by atoms with Gasteiger partial charge in [0.2, 0.25) is 0 Å². The van der Waals surface area contributed by atoms with Gasteiger partial charge in [-0.15, -0.1) is 5.48 Å². The van der Waals surface area contributed by atoms with Gasteiger partial charge in [0.05, 0.1) is 11.0 Å². The Morgan fingerprint density at radius 2 is 1.90 bits per heavy atom. The van der Waals surface area contributed by atoms with Crippen molar-refractivity contribution < 1.29 is 9.63 Å². The summed E-state index contributed by atoms with van der Waals surface area (Å²) in [5.41, 5.74) is 6.83. The smallest absolute Gasteiger partial charge is 0.256 e. The van der Waals surface area contributed by atoms with Crippen molar-refractivity contribution in [3.05, 3.63) is 53.8 Å². The van der Waals surface area contributed by atoms with Crippen LogP contribution in [0.1, 0.15) is 17.3 Å².